The van der Waals surface area contributed by atoms with Crippen molar-refractivity contribution in [1.29, 1.82) is 5.26 Å². The predicted octanol–water partition coefficient (Wildman–Crippen LogP) is 4.94. The van der Waals surface area contributed by atoms with Crippen molar-refractivity contribution in [2.24, 2.45) is 0 Å². The van der Waals surface area contributed by atoms with Gasteiger partial charge in [0.05, 0.1) is 5.56 Å². The van der Waals surface area contributed by atoms with Gasteiger partial charge in [0.15, 0.2) is 5.15 Å². The highest BCUT2D eigenvalue weighted by atomic mass is 35.5. The largest absolute Gasteiger partial charge is 0.422 e. The zero-order valence-electron chi connectivity index (χ0n) is 13.5. The summed E-state index contributed by atoms with van der Waals surface area (Å²) in [5.41, 5.74) is 0.952. The van der Waals surface area contributed by atoms with E-state index < -0.39 is 5.63 Å². The number of benzene rings is 1. The molecular formula is C17H13Cl2N3O2S. The molecule has 0 saturated heterocycles. The molecule has 0 aliphatic carbocycles. The zero-order valence-corrected chi connectivity index (χ0v) is 15.8. The molecule has 0 aliphatic heterocycles. The van der Waals surface area contributed by atoms with Gasteiger partial charge in [0.1, 0.15) is 26.6 Å². The zero-order chi connectivity index (χ0) is 18.1. The molecule has 3 rings (SSSR count). The summed E-state index contributed by atoms with van der Waals surface area (Å²) < 4.78 is 5.73. The van der Waals surface area contributed by atoms with Crippen molar-refractivity contribution >= 4 is 51.2 Å². The first-order chi connectivity index (χ1) is 12.0. The van der Waals surface area contributed by atoms with Crippen LogP contribution in [-0.2, 0) is 0 Å². The first-order valence-corrected chi connectivity index (χ1v) is 9.15. The van der Waals surface area contributed by atoms with Crippen LogP contribution in [0.5, 0.6) is 0 Å². The summed E-state index contributed by atoms with van der Waals surface area (Å²) >= 11 is 12.9. The molecule has 5 nitrogen and oxygen atoms in total. The lowest BCUT2D eigenvalue weighted by Crippen LogP contribution is -2.21. The molecule has 3 aromatic rings. The van der Waals surface area contributed by atoms with Gasteiger partial charge in [0, 0.05) is 30.2 Å². The monoisotopic (exact) mass is 393 g/mol. The summed E-state index contributed by atoms with van der Waals surface area (Å²) in [7, 11) is 0. The fourth-order valence-electron chi connectivity index (χ4n) is 2.68. The maximum Gasteiger partial charge on any atom is 0.348 e. The molecule has 0 atom stereocenters. The Morgan fingerprint density at radius 1 is 1.32 bits per heavy atom. The Morgan fingerprint density at radius 2 is 2.04 bits per heavy atom. The second-order valence-corrected chi connectivity index (χ2v) is 7.15. The van der Waals surface area contributed by atoms with Crippen molar-refractivity contribution in [3.63, 3.8) is 0 Å². The van der Waals surface area contributed by atoms with E-state index in [1.165, 1.54) is 0 Å². The van der Waals surface area contributed by atoms with Gasteiger partial charge in [-0.1, -0.05) is 34.5 Å². The molecule has 0 saturated carbocycles. The number of aromatic nitrogens is 1. The Labute approximate surface area is 158 Å². The minimum atomic E-state index is -0.636. The van der Waals surface area contributed by atoms with Crippen LogP contribution in [0.4, 0.5) is 5.69 Å². The molecule has 1 aromatic carbocycles. The molecular weight excluding hydrogens is 381 g/mol. The molecule has 0 radical (unpaired) electrons. The third-order valence-corrected chi connectivity index (χ3v) is 5.65. The van der Waals surface area contributed by atoms with Gasteiger partial charge in [-0.05, 0) is 26.0 Å². The molecule has 0 amide bonds. The SMILES string of the molecule is CCN(CC)c1ccc2c(C#N)c(-c3nc(Cl)c(Cl)s3)c(=O)oc2c1. The van der Waals surface area contributed by atoms with Crippen LogP contribution in [0.15, 0.2) is 27.4 Å². The second-order valence-electron chi connectivity index (χ2n) is 5.19. The Morgan fingerprint density at radius 3 is 2.60 bits per heavy atom. The molecule has 128 valence electrons. The van der Waals surface area contributed by atoms with Crippen LogP contribution in [0.25, 0.3) is 21.5 Å². The minimum Gasteiger partial charge on any atom is -0.422 e. The number of nitriles is 1. The van der Waals surface area contributed by atoms with Crippen molar-refractivity contribution in [3.8, 4) is 16.6 Å². The van der Waals surface area contributed by atoms with Crippen LogP contribution in [-0.4, -0.2) is 18.1 Å². The summed E-state index contributed by atoms with van der Waals surface area (Å²) in [5, 5.41) is 10.5. The van der Waals surface area contributed by atoms with Crippen molar-refractivity contribution in [2.45, 2.75) is 13.8 Å². The number of hydrogen-bond acceptors (Lipinski definition) is 6. The van der Waals surface area contributed by atoms with E-state index in [9.17, 15) is 10.1 Å². The molecule has 0 spiro atoms. The van der Waals surface area contributed by atoms with Crippen LogP contribution < -0.4 is 10.5 Å². The first kappa shape index (κ1) is 17.7. The highest BCUT2D eigenvalue weighted by Gasteiger charge is 2.21. The Kier molecular flexibility index (Phi) is 5.00. The maximum absolute atomic E-state index is 12.5. The topological polar surface area (TPSA) is 70.1 Å². The molecule has 0 bridgehead atoms. The lowest BCUT2D eigenvalue weighted by Gasteiger charge is -2.21. The van der Waals surface area contributed by atoms with Gasteiger partial charge < -0.3 is 9.32 Å². The Hall–Kier alpha value is -2.07. The molecule has 0 fully saturated rings. The number of nitrogens with zero attached hydrogens (tertiary/aromatic N) is 3. The van der Waals surface area contributed by atoms with Crippen LogP contribution in [0.2, 0.25) is 9.49 Å². The van der Waals surface area contributed by atoms with E-state index in [2.05, 4.69) is 16.0 Å². The smallest absolute Gasteiger partial charge is 0.348 e. The van der Waals surface area contributed by atoms with Crippen LogP contribution in [0.3, 0.4) is 0 Å². The first-order valence-electron chi connectivity index (χ1n) is 7.58. The summed E-state index contributed by atoms with van der Waals surface area (Å²) in [6.45, 7) is 5.74. The predicted molar refractivity (Wildman–Crippen MR) is 102 cm³/mol. The average Bonchev–Trinajstić information content (AvgIpc) is 2.93. The fraction of sp³-hybridized carbons (Fsp3) is 0.235. The molecule has 0 N–H and O–H groups in total. The van der Waals surface area contributed by atoms with Gasteiger partial charge in [-0.3, -0.25) is 0 Å². The van der Waals surface area contributed by atoms with Gasteiger partial charge in [-0.25, -0.2) is 9.78 Å². The lowest BCUT2D eigenvalue weighted by atomic mass is 10.1. The van der Waals surface area contributed by atoms with Crippen molar-refractivity contribution in [3.05, 3.63) is 43.7 Å². The number of rotatable bonds is 4. The van der Waals surface area contributed by atoms with E-state index in [1.54, 1.807) is 12.1 Å². The number of hydrogen-bond donors (Lipinski definition) is 0. The standard InChI is InChI=1S/C17H13Cl2N3O2S/c1-3-22(4-2)9-5-6-10-11(8-20)13(17(23)24-12(10)7-9)16-21-14(18)15(19)25-16/h5-7H,3-4H2,1-2H3. The summed E-state index contributed by atoms with van der Waals surface area (Å²) in [5.74, 6) is 0. The lowest BCUT2D eigenvalue weighted by molar-refractivity contribution is 0.563. The van der Waals surface area contributed by atoms with Crippen molar-refractivity contribution < 1.29 is 4.42 Å². The van der Waals surface area contributed by atoms with E-state index in [0.29, 0.717) is 11.0 Å². The summed E-state index contributed by atoms with van der Waals surface area (Å²) in [6.07, 6.45) is 0. The molecule has 0 aliphatic rings. The van der Waals surface area contributed by atoms with Crippen molar-refractivity contribution in [1.82, 2.24) is 4.98 Å². The normalized spacial score (nSPS) is 10.8. The summed E-state index contributed by atoms with van der Waals surface area (Å²) in [4.78, 5) is 18.7. The van der Waals surface area contributed by atoms with Gasteiger partial charge in [0.2, 0.25) is 0 Å². The maximum atomic E-state index is 12.5. The van der Waals surface area contributed by atoms with E-state index in [4.69, 9.17) is 27.6 Å². The van der Waals surface area contributed by atoms with Crippen molar-refractivity contribution in [2.75, 3.05) is 18.0 Å². The fourth-order valence-corrected chi connectivity index (χ4v) is 3.91. The van der Waals surface area contributed by atoms with Gasteiger partial charge >= 0.3 is 5.63 Å². The Balaban J connectivity index is 2.28. The number of halogens is 2. The van der Waals surface area contributed by atoms with E-state index in [-0.39, 0.29) is 25.6 Å². The second kappa shape index (κ2) is 7.04. The van der Waals surface area contributed by atoms with Crippen LogP contribution in [0.1, 0.15) is 19.4 Å². The average molecular weight is 394 g/mol. The van der Waals surface area contributed by atoms with Crippen LogP contribution >= 0.6 is 34.5 Å². The summed E-state index contributed by atoms with van der Waals surface area (Å²) in [6, 6.07) is 7.55. The van der Waals surface area contributed by atoms with E-state index >= 15 is 0 Å². The minimum absolute atomic E-state index is 0.0874. The number of anilines is 1. The van der Waals surface area contributed by atoms with Gasteiger partial charge in [-0.2, -0.15) is 5.26 Å². The number of fused-ring (bicyclic) bond motifs is 1. The highest BCUT2D eigenvalue weighted by molar-refractivity contribution is 7.19. The molecule has 2 heterocycles. The van der Waals surface area contributed by atoms with Gasteiger partial charge in [-0.15, -0.1) is 0 Å². The number of thiazole rings is 1. The molecule has 25 heavy (non-hydrogen) atoms. The third-order valence-electron chi connectivity index (χ3n) is 3.89. The highest BCUT2D eigenvalue weighted by Crippen LogP contribution is 2.36. The third kappa shape index (κ3) is 3.11. The van der Waals surface area contributed by atoms with E-state index in [0.717, 1.165) is 30.1 Å². The quantitative estimate of drug-likeness (QED) is 0.586. The molecule has 8 heteroatoms. The molecule has 0 unspecified atom stereocenters. The van der Waals surface area contributed by atoms with Gasteiger partial charge in [0.25, 0.3) is 0 Å². The van der Waals surface area contributed by atoms with E-state index in [1.807, 2.05) is 19.9 Å². The molecule has 2 aromatic heterocycles. The van der Waals surface area contributed by atoms with Crippen LogP contribution in [0, 0.1) is 11.3 Å². The Bertz CT molecular complexity index is 1030.